The lowest BCUT2D eigenvalue weighted by Crippen LogP contribution is -2.39. The number of nitrogens with zero attached hydrogens (tertiary/aromatic N) is 1. The van der Waals surface area contributed by atoms with E-state index in [2.05, 4.69) is 15.6 Å². The summed E-state index contributed by atoms with van der Waals surface area (Å²) >= 11 is 1.67. The zero-order chi connectivity index (χ0) is 13.9. The van der Waals surface area contributed by atoms with E-state index in [1.807, 2.05) is 0 Å². The summed E-state index contributed by atoms with van der Waals surface area (Å²) in [5, 5.41) is 6.33. The molecule has 0 atom stereocenters. The highest BCUT2D eigenvalue weighted by atomic mass is 127. The van der Waals surface area contributed by atoms with Gasteiger partial charge in [0.2, 0.25) is 0 Å². The normalized spacial score (nSPS) is 10.8. The van der Waals surface area contributed by atoms with Gasteiger partial charge in [-0.25, -0.2) is 4.39 Å². The summed E-state index contributed by atoms with van der Waals surface area (Å²) in [7, 11) is 3.40. The van der Waals surface area contributed by atoms with Crippen LogP contribution in [0.5, 0.6) is 0 Å². The smallest absolute Gasteiger partial charge is 0.191 e. The first-order chi connectivity index (χ1) is 9.26. The molecule has 0 bridgehead atoms. The lowest BCUT2D eigenvalue weighted by molar-refractivity contribution is 0.203. The molecule has 2 N–H and O–H groups in total. The molecule has 0 spiro atoms. The Morgan fingerprint density at radius 3 is 2.50 bits per heavy atom. The average molecular weight is 413 g/mol. The Morgan fingerprint density at radius 2 is 1.90 bits per heavy atom. The largest absolute Gasteiger partial charge is 0.383 e. The molecule has 20 heavy (non-hydrogen) atoms. The molecule has 0 aliphatic heterocycles. The van der Waals surface area contributed by atoms with Crippen LogP contribution in [0.3, 0.4) is 0 Å². The summed E-state index contributed by atoms with van der Waals surface area (Å²) in [6.07, 6.45) is 0. The van der Waals surface area contributed by atoms with Crippen LogP contribution in [0.15, 0.2) is 34.2 Å². The molecule has 0 aromatic heterocycles. The van der Waals surface area contributed by atoms with Gasteiger partial charge >= 0.3 is 0 Å². The monoisotopic (exact) mass is 413 g/mol. The highest BCUT2D eigenvalue weighted by Gasteiger charge is 1.98. The number of nitrogens with one attached hydrogen (secondary N) is 2. The third kappa shape index (κ3) is 8.60. The van der Waals surface area contributed by atoms with Gasteiger partial charge in [-0.05, 0) is 24.3 Å². The second-order valence-electron chi connectivity index (χ2n) is 3.72. The molecule has 0 unspecified atom stereocenters. The van der Waals surface area contributed by atoms with Crippen LogP contribution in [0.25, 0.3) is 0 Å². The van der Waals surface area contributed by atoms with Crippen molar-refractivity contribution < 1.29 is 9.13 Å². The highest BCUT2D eigenvalue weighted by molar-refractivity contribution is 14.0. The van der Waals surface area contributed by atoms with E-state index >= 15 is 0 Å². The van der Waals surface area contributed by atoms with Crippen molar-refractivity contribution in [3.63, 3.8) is 0 Å². The third-order valence-electron chi connectivity index (χ3n) is 2.30. The minimum absolute atomic E-state index is 0. The molecule has 1 aromatic rings. The molecular formula is C13H21FIN3OS. The molecule has 1 rings (SSSR count). The molecule has 114 valence electrons. The van der Waals surface area contributed by atoms with Gasteiger partial charge in [0.05, 0.1) is 6.61 Å². The zero-order valence-electron chi connectivity index (χ0n) is 11.7. The number of halogens is 2. The number of hydrogen-bond donors (Lipinski definition) is 2. The van der Waals surface area contributed by atoms with Crippen LogP contribution in [0, 0.1) is 5.82 Å². The fourth-order valence-electron chi connectivity index (χ4n) is 1.36. The van der Waals surface area contributed by atoms with Crippen molar-refractivity contribution in [2.45, 2.75) is 4.90 Å². The predicted molar refractivity (Wildman–Crippen MR) is 93.8 cm³/mol. The van der Waals surface area contributed by atoms with Crippen molar-refractivity contribution in [3.8, 4) is 0 Å². The molecule has 4 nitrogen and oxygen atoms in total. The Labute approximate surface area is 141 Å². The van der Waals surface area contributed by atoms with Crippen LogP contribution in [0.1, 0.15) is 0 Å². The number of guanidine groups is 1. The van der Waals surface area contributed by atoms with E-state index in [4.69, 9.17) is 4.74 Å². The van der Waals surface area contributed by atoms with Crippen LogP contribution < -0.4 is 10.6 Å². The average Bonchev–Trinajstić information content (AvgIpc) is 2.43. The maximum atomic E-state index is 12.7. The second-order valence-corrected chi connectivity index (χ2v) is 4.89. The number of benzene rings is 1. The van der Waals surface area contributed by atoms with Gasteiger partial charge in [0, 0.05) is 37.9 Å². The van der Waals surface area contributed by atoms with Gasteiger partial charge in [-0.15, -0.1) is 35.7 Å². The standard InChI is InChI=1S/C13H20FN3OS.HI/c1-15-13(16-7-9-18-2)17-8-10-19-12-5-3-11(14)4-6-12;/h3-6H,7-10H2,1-2H3,(H2,15,16,17);1H. The first-order valence-electron chi connectivity index (χ1n) is 6.08. The van der Waals surface area contributed by atoms with Crippen LogP contribution in [-0.4, -0.2) is 45.6 Å². The predicted octanol–water partition coefficient (Wildman–Crippen LogP) is 2.35. The molecule has 0 amide bonds. The Bertz CT molecular complexity index is 390. The van der Waals surface area contributed by atoms with E-state index in [1.54, 1.807) is 38.1 Å². The Morgan fingerprint density at radius 1 is 1.25 bits per heavy atom. The molecule has 0 aliphatic carbocycles. The highest BCUT2D eigenvalue weighted by Crippen LogP contribution is 2.16. The number of hydrogen-bond acceptors (Lipinski definition) is 3. The Kier molecular flexibility index (Phi) is 11.9. The van der Waals surface area contributed by atoms with Crippen LogP contribution in [-0.2, 0) is 4.74 Å². The molecule has 0 heterocycles. The summed E-state index contributed by atoms with van der Waals surface area (Å²) in [4.78, 5) is 5.16. The first kappa shape index (κ1) is 19.5. The molecule has 0 radical (unpaired) electrons. The number of rotatable bonds is 7. The van der Waals surface area contributed by atoms with Crippen molar-refractivity contribution in [2.24, 2.45) is 4.99 Å². The van der Waals surface area contributed by atoms with Gasteiger partial charge in [-0.2, -0.15) is 0 Å². The van der Waals surface area contributed by atoms with Crippen molar-refractivity contribution in [3.05, 3.63) is 30.1 Å². The zero-order valence-corrected chi connectivity index (χ0v) is 14.8. The number of ether oxygens (including phenoxy) is 1. The Balaban J connectivity index is 0.00000361. The van der Waals surface area contributed by atoms with E-state index in [0.29, 0.717) is 6.61 Å². The maximum absolute atomic E-state index is 12.7. The van der Waals surface area contributed by atoms with E-state index in [-0.39, 0.29) is 29.8 Å². The lowest BCUT2D eigenvalue weighted by atomic mass is 10.4. The molecule has 7 heteroatoms. The van der Waals surface area contributed by atoms with Crippen molar-refractivity contribution in [2.75, 3.05) is 39.6 Å². The fraction of sp³-hybridized carbons (Fsp3) is 0.462. The topological polar surface area (TPSA) is 45.7 Å². The Hall–Kier alpha value is -0.540. The summed E-state index contributed by atoms with van der Waals surface area (Å²) in [5.41, 5.74) is 0. The van der Waals surface area contributed by atoms with Gasteiger partial charge in [0.25, 0.3) is 0 Å². The SMILES string of the molecule is CN=C(NCCOC)NCCSc1ccc(F)cc1.I. The summed E-state index contributed by atoms with van der Waals surface area (Å²) in [6.45, 7) is 2.15. The summed E-state index contributed by atoms with van der Waals surface area (Å²) < 4.78 is 17.7. The van der Waals surface area contributed by atoms with Crippen LogP contribution in [0.4, 0.5) is 4.39 Å². The van der Waals surface area contributed by atoms with Gasteiger partial charge in [0.15, 0.2) is 5.96 Å². The molecule has 1 aromatic carbocycles. The van der Waals surface area contributed by atoms with E-state index in [9.17, 15) is 4.39 Å². The van der Waals surface area contributed by atoms with Gasteiger partial charge in [-0.3, -0.25) is 4.99 Å². The van der Waals surface area contributed by atoms with Gasteiger partial charge < -0.3 is 15.4 Å². The fourth-order valence-corrected chi connectivity index (χ4v) is 2.13. The van der Waals surface area contributed by atoms with Crippen LogP contribution >= 0.6 is 35.7 Å². The number of methoxy groups -OCH3 is 1. The van der Waals surface area contributed by atoms with E-state index in [0.717, 1.165) is 29.7 Å². The molecule has 0 saturated carbocycles. The first-order valence-corrected chi connectivity index (χ1v) is 7.06. The second kappa shape index (κ2) is 12.2. The molecule has 0 fully saturated rings. The summed E-state index contributed by atoms with van der Waals surface area (Å²) in [6, 6.07) is 6.51. The minimum atomic E-state index is -0.203. The van der Waals surface area contributed by atoms with Crippen molar-refractivity contribution in [1.82, 2.24) is 10.6 Å². The minimum Gasteiger partial charge on any atom is -0.383 e. The van der Waals surface area contributed by atoms with Gasteiger partial charge in [0.1, 0.15) is 5.82 Å². The molecular weight excluding hydrogens is 392 g/mol. The van der Waals surface area contributed by atoms with Crippen LogP contribution in [0.2, 0.25) is 0 Å². The van der Waals surface area contributed by atoms with E-state index < -0.39 is 0 Å². The maximum Gasteiger partial charge on any atom is 0.191 e. The van der Waals surface area contributed by atoms with Crippen molar-refractivity contribution in [1.29, 1.82) is 0 Å². The number of aliphatic imine (C=N–C) groups is 1. The third-order valence-corrected chi connectivity index (χ3v) is 3.31. The van der Waals surface area contributed by atoms with Crippen molar-refractivity contribution >= 4 is 41.7 Å². The molecule has 0 aliphatic rings. The summed E-state index contributed by atoms with van der Waals surface area (Å²) in [5.74, 6) is 1.44. The lowest BCUT2D eigenvalue weighted by Gasteiger charge is -2.11. The molecule has 0 saturated heterocycles. The van der Waals surface area contributed by atoms with E-state index in [1.165, 1.54) is 12.1 Å². The quantitative estimate of drug-likeness (QED) is 0.237. The number of thioether (sulfide) groups is 1. The van der Waals surface area contributed by atoms with Gasteiger partial charge in [-0.1, -0.05) is 0 Å².